The number of aromatic nitrogens is 1. The first-order valence-electron chi connectivity index (χ1n) is 8.92. The Morgan fingerprint density at radius 1 is 1.24 bits per heavy atom. The molecule has 1 fully saturated rings. The standard InChI is InChI=1S/C19H26N6/c1-14-5-4-6-20-19(14)18-9-16-12-24(7-8-25(16)22-18)13-17-10-21-15(2)11-23(17)3/h4-6,9-10,18,22H,7-8,11-13H2,1-3H3. The lowest BCUT2D eigenvalue weighted by atomic mass is 10.1. The number of hydrogen-bond donors (Lipinski definition) is 1. The van der Waals surface area contributed by atoms with E-state index >= 15 is 0 Å². The fraction of sp³-hybridized carbons (Fsp3) is 0.474. The molecule has 6 nitrogen and oxygen atoms in total. The molecule has 0 spiro atoms. The molecule has 0 bridgehead atoms. The highest BCUT2D eigenvalue weighted by Crippen LogP contribution is 2.27. The molecule has 0 aromatic carbocycles. The summed E-state index contributed by atoms with van der Waals surface area (Å²) in [4.78, 5) is 13.9. The highest BCUT2D eigenvalue weighted by Gasteiger charge is 2.30. The van der Waals surface area contributed by atoms with Crippen molar-refractivity contribution in [3.63, 3.8) is 0 Å². The van der Waals surface area contributed by atoms with Crippen molar-refractivity contribution < 1.29 is 0 Å². The highest BCUT2D eigenvalue weighted by molar-refractivity contribution is 5.85. The molecule has 4 heterocycles. The van der Waals surface area contributed by atoms with Gasteiger partial charge in [0.25, 0.3) is 0 Å². The topological polar surface area (TPSA) is 47.0 Å². The summed E-state index contributed by atoms with van der Waals surface area (Å²) in [6, 6.07) is 4.30. The zero-order chi connectivity index (χ0) is 17.4. The molecule has 0 radical (unpaired) electrons. The molecule has 1 N–H and O–H groups in total. The van der Waals surface area contributed by atoms with Crippen LogP contribution in [0.2, 0.25) is 0 Å². The van der Waals surface area contributed by atoms with Crippen LogP contribution >= 0.6 is 0 Å². The summed E-state index contributed by atoms with van der Waals surface area (Å²) in [6.07, 6.45) is 6.22. The van der Waals surface area contributed by atoms with Crippen molar-refractivity contribution in [2.24, 2.45) is 4.99 Å². The molecule has 0 saturated carbocycles. The Morgan fingerprint density at radius 3 is 2.92 bits per heavy atom. The van der Waals surface area contributed by atoms with E-state index in [-0.39, 0.29) is 6.04 Å². The quantitative estimate of drug-likeness (QED) is 0.909. The molecular weight excluding hydrogens is 312 g/mol. The van der Waals surface area contributed by atoms with Gasteiger partial charge < -0.3 is 9.91 Å². The van der Waals surface area contributed by atoms with Crippen LogP contribution in [0.25, 0.3) is 0 Å². The van der Waals surface area contributed by atoms with Gasteiger partial charge in [0.15, 0.2) is 0 Å². The average Bonchev–Trinajstić information content (AvgIpc) is 3.01. The molecule has 25 heavy (non-hydrogen) atoms. The third-order valence-electron chi connectivity index (χ3n) is 5.15. The molecule has 4 rings (SSSR count). The van der Waals surface area contributed by atoms with Gasteiger partial charge in [0.05, 0.1) is 18.3 Å². The van der Waals surface area contributed by atoms with Gasteiger partial charge in [-0.25, -0.2) is 5.43 Å². The number of fused-ring (bicyclic) bond motifs is 1. The van der Waals surface area contributed by atoms with Crippen LogP contribution in [0.1, 0.15) is 24.2 Å². The van der Waals surface area contributed by atoms with E-state index in [9.17, 15) is 0 Å². The van der Waals surface area contributed by atoms with Crippen LogP contribution in [0.5, 0.6) is 0 Å². The average molecular weight is 338 g/mol. The summed E-state index contributed by atoms with van der Waals surface area (Å²) in [6.45, 7) is 9.09. The van der Waals surface area contributed by atoms with E-state index in [0.29, 0.717) is 0 Å². The lowest BCUT2D eigenvalue weighted by Crippen LogP contribution is -2.49. The minimum atomic E-state index is 0.181. The van der Waals surface area contributed by atoms with Crippen molar-refractivity contribution in [2.75, 3.05) is 39.8 Å². The first kappa shape index (κ1) is 16.3. The predicted octanol–water partition coefficient (Wildman–Crippen LogP) is 1.70. The van der Waals surface area contributed by atoms with Crippen molar-refractivity contribution in [3.05, 3.63) is 53.3 Å². The number of hydrogen-bond acceptors (Lipinski definition) is 6. The smallest absolute Gasteiger partial charge is 0.0887 e. The SMILES string of the molecule is CC1=NC=C(CN2CCN3NC(c4ncccc4C)C=C3C2)N(C)C1. The minimum absolute atomic E-state index is 0.181. The normalized spacial score (nSPS) is 24.0. The monoisotopic (exact) mass is 338 g/mol. The van der Waals surface area contributed by atoms with Crippen LogP contribution in [0, 0.1) is 6.92 Å². The Bertz CT molecular complexity index is 750. The number of hydrazine groups is 1. The molecule has 1 unspecified atom stereocenters. The van der Waals surface area contributed by atoms with Gasteiger partial charge in [0, 0.05) is 62.7 Å². The maximum atomic E-state index is 4.57. The predicted molar refractivity (Wildman–Crippen MR) is 99.9 cm³/mol. The summed E-state index contributed by atoms with van der Waals surface area (Å²) in [5.41, 5.74) is 9.76. The Hall–Kier alpha value is -2.18. The van der Waals surface area contributed by atoms with Crippen molar-refractivity contribution in [2.45, 2.75) is 19.9 Å². The lowest BCUT2D eigenvalue weighted by Gasteiger charge is -2.37. The second-order valence-electron chi connectivity index (χ2n) is 7.17. The second-order valence-corrected chi connectivity index (χ2v) is 7.17. The zero-order valence-corrected chi connectivity index (χ0v) is 15.2. The molecule has 1 aromatic heterocycles. The van der Waals surface area contributed by atoms with Crippen molar-refractivity contribution in [1.29, 1.82) is 0 Å². The molecule has 132 valence electrons. The zero-order valence-electron chi connectivity index (χ0n) is 15.2. The number of pyridine rings is 1. The number of aliphatic imine (C=N–C) groups is 1. The van der Waals surface area contributed by atoms with Gasteiger partial charge in [0.1, 0.15) is 0 Å². The molecule has 1 aromatic rings. The molecule has 1 atom stereocenters. The Labute approximate surface area is 149 Å². The molecule has 1 saturated heterocycles. The Kier molecular flexibility index (Phi) is 4.31. The van der Waals surface area contributed by atoms with Gasteiger partial charge in [-0.3, -0.25) is 14.9 Å². The summed E-state index contributed by atoms with van der Waals surface area (Å²) in [5, 5.41) is 2.29. The van der Waals surface area contributed by atoms with Gasteiger partial charge in [-0.2, -0.15) is 0 Å². The number of likely N-dealkylation sites (N-methyl/N-ethyl adjacent to an activating group) is 1. The van der Waals surface area contributed by atoms with Gasteiger partial charge in [0.2, 0.25) is 0 Å². The molecule has 3 aliphatic heterocycles. The fourth-order valence-corrected chi connectivity index (χ4v) is 3.72. The van der Waals surface area contributed by atoms with E-state index in [0.717, 1.165) is 38.4 Å². The lowest BCUT2D eigenvalue weighted by molar-refractivity contribution is 0.145. The van der Waals surface area contributed by atoms with E-state index in [1.54, 1.807) is 0 Å². The summed E-state index contributed by atoms with van der Waals surface area (Å²) in [7, 11) is 2.15. The summed E-state index contributed by atoms with van der Waals surface area (Å²) >= 11 is 0. The van der Waals surface area contributed by atoms with Crippen LogP contribution in [-0.4, -0.2) is 65.3 Å². The number of piperazine rings is 1. The van der Waals surface area contributed by atoms with Crippen LogP contribution in [0.4, 0.5) is 0 Å². The highest BCUT2D eigenvalue weighted by atomic mass is 15.6. The van der Waals surface area contributed by atoms with Crippen molar-refractivity contribution >= 4 is 5.71 Å². The second kappa shape index (κ2) is 6.61. The molecule has 6 heteroatoms. The fourth-order valence-electron chi connectivity index (χ4n) is 3.72. The van der Waals surface area contributed by atoms with Gasteiger partial charge in [-0.15, -0.1) is 0 Å². The van der Waals surface area contributed by atoms with Gasteiger partial charge in [-0.05, 0) is 31.6 Å². The third-order valence-corrected chi connectivity index (χ3v) is 5.15. The Morgan fingerprint density at radius 2 is 2.12 bits per heavy atom. The largest absolute Gasteiger partial charge is 0.370 e. The van der Waals surface area contributed by atoms with Crippen LogP contribution in [0.15, 0.2) is 47.0 Å². The number of nitrogens with zero attached hydrogens (tertiary/aromatic N) is 5. The number of nitrogens with one attached hydrogen (secondary N) is 1. The summed E-state index contributed by atoms with van der Waals surface area (Å²) < 4.78 is 0. The minimum Gasteiger partial charge on any atom is -0.370 e. The van der Waals surface area contributed by atoms with Crippen LogP contribution < -0.4 is 5.43 Å². The molecule has 0 amide bonds. The molecular formula is C19H26N6. The third kappa shape index (κ3) is 3.32. The summed E-state index contributed by atoms with van der Waals surface area (Å²) in [5.74, 6) is 0. The first-order chi connectivity index (χ1) is 12.1. The van der Waals surface area contributed by atoms with Crippen LogP contribution in [0.3, 0.4) is 0 Å². The maximum absolute atomic E-state index is 4.57. The van der Waals surface area contributed by atoms with Gasteiger partial charge >= 0.3 is 0 Å². The Balaban J connectivity index is 1.45. The van der Waals surface area contributed by atoms with E-state index in [4.69, 9.17) is 0 Å². The van der Waals surface area contributed by atoms with E-state index in [1.165, 1.54) is 22.7 Å². The van der Waals surface area contributed by atoms with Crippen molar-refractivity contribution in [3.8, 4) is 0 Å². The number of rotatable bonds is 3. The molecule has 0 aliphatic carbocycles. The van der Waals surface area contributed by atoms with E-state index in [1.807, 2.05) is 18.5 Å². The van der Waals surface area contributed by atoms with Gasteiger partial charge in [-0.1, -0.05) is 6.07 Å². The first-order valence-corrected chi connectivity index (χ1v) is 8.92. The maximum Gasteiger partial charge on any atom is 0.0887 e. The van der Waals surface area contributed by atoms with E-state index < -0.39 is 0 Å². The molecule has 3 aliphatic rings. The number of aryl methyl sites for hydroxylation is 1. The van der Waals surface area contributed by atoms with E-state index in [2.05, 4.69) is 63.2 Å². The van der Waals surface area contributed by atoms with Crippen LogP contribution in [-0.2, 0) is 0 Å². The van der Waals surface area contributed by atoms with Crippen molar-refractivity contribution in [1.82, 2.24) is 25.2 Å².